The molecule has 4 rings (SSSR count). The van der Waals surface area contributed by atoms with Gasteiger partial charge in [-0.2, -0.15) is 0 Å². The van der Waals surface area contributed by atoms with Crippen LogP contribution in [0.25, 0.3) is 32.5 Å². The topological polar surface area (TPSA) is 91.4 Å². The van der Waals surface area contributed by atoms with Crippen molar-refractivity contribution >= 4 is 28.1 Å². The number of rotatable bonds is 6. The van der Waals surface area contributed by atoms with Crippen LogP contribution in [0.4, 0.5) is 0 Å². The van der Waals surface area contributed by atoms with Gasteiger partial charge in [-0.25, -0.2) is 0 Å². The Balaban J connectivity index is 1.65. The summed E-state index contributed by atoms with van der Waals surface area (Å²) in [5, 5.41) is 16.1. The Bertz CT molecular complexity index is 1280. The van der Waals surface area contributed by atoms with Crippen molar-refractivity contribution in [2.24, 2.45) is 0 Å². The van der Waals surface area contributed by atoms with Crippen LogP contribution in [0.2, 0.25) is 0 Å². The monoisotopic (exact) mass is 434 g/mol. The first kappa shape index (κ1) is 20.8. The van der Waals surface area contributed by atoms with Gasteiger partial charge >= 0.3 is 0 Å². The molecule has 6 nitrogen and oxygen atoms in total. The summed E-state index contributed by atoms with van der Waals surface area (Å²) in [5.41, 5.74) is 2.84. The van der Waals surface area contributed by atoms with E-state index < -0.39 is 0 Å². The van der Waals surface area contributed by atoms with Crippen LogP contribution in [0.15, 0.2) is 64.8 Å². The van der Waals surface area contributed by atoms with E-state index in [-0.39, 0.29) is 28.9 Å². The van der Waals surface area contributed by atoms with E-state index in [0.29, 0.717) is 27.9 Å². The van der Waals surface area contributed by atoms with E-state index in [1.165, 1.54) is 11.3 Å². The second kappa shape index (κ2) is 8.75. The van der Waals surface area contributed by atoms with Gasteiger partial charge in [0.15, 0.2) is 0 Å². The molecule has 2 aromatic carbocycles. The Kier molecular flexibility index (Phi) is 5.88. The number of ether oxygens (including phenoxy) is 1. The standard InChI is InChI=1S/C24H22N2O4S/c1-14(30-2)13-25-23(28)16-7-5-15(6-8-16)17-9-10-19-18(12-17)22(27)21(24(29)26-19)20-4-3-11-31-20/h3-12,14H,13H2,1-2H3,(H,25,28)(H2,26,27,29). The molecule has 4 aromatic rings. The van der Waals surface area contributed by atoms with Crippen molar-refractivity contribution in [3.8, 4) is 27.3 Å². The first-order valence-corrected chi connectivity index (χ1v) is 10.7. The molecule has 0 saturated carbocycles. The van der Waals surface area contributed by atoms with Gasteiger partial charge in [-0.15, -0.1) is 11.3 Å². The van der Waals surface area contributed by atoms with E-state index in [9.17, 15) is 14.7 Å². The number of H-pyrrole nitrogens is 1. The first-order chi connectivity index (χ1) is 15.0. The SMILES string of the molecule is COC(C)CNC(=O)c1ccc(-c2ccc3[nH]c(=O)c(-c4cccs4)c(O)c3c2)cc1. The van der Waals surface area contributed by atoms with E-state index in [1.807, 2.05) is 48.7 Å². The van der Waals surface area contributed by atoms with Crippen LogP contribution >= 0.6 is 11.3 Å². The lowest BCUT2D eigenvalue weighted by Gasteiger charge is -2.11. The molecule has 0 fully saturated rings. The van der Waals surface area contributed by atoms with E-state index in [1.54, 1.807) is 25.3 Å². The number of fused-ring (bicyclic) bond motifs is 1. The van der Waals surface area contributed by atoms with Crippen molar-refractivity contribution in [2.75, 3.05) is 13.7 Å². The first-order valence-electron chi connectivity index (χ1n) is 9.82. The van der Waals surface area contributed by atoms with Gasteiger partial charge in [0.25, 0.3) is 11.5 Å². The Morgan fingerprint density at radius 3 is 2.58 bits per heavy atom. The van der Waals surface area contributed by atoms with E-state index in [0.717, 1.165) is 11.1 Å². The highest BCUT2D eigenvalue weighted by Crippen LogP contribution is 2.36. The molecule has 0 spiro atoms. The maximum absolute atomic E-state index is 12.5. The predicted molar refractivity (Wildman–Crippen MR) is 124 cm³/mol. The van der Waals surface area contributed by atoms with Crippen molar-refractivity contribution in [1.82, 2.24) is 10.3 Å². The van der Waals surface area contributed by atoms with Gasteiger partial charge in [0, 0.05) is 29.5 Å². The maximum Gasteiger partial charge on any atom is 0.260 e. The highest BCUT2D eigenvalue weighted by Gasteiger charge is 2.15. The molecule has 158 valence electrons. The highest BCUT2D eigenvalue weighted by molar-refractivity contribution is 7.13. The number of hydrogen-bond acceptors (Lipinski definition) is 5. The molecule has 7 heteroatoms. The number of carbonyl (C=O) groups excluding carboxylic acids is 1. The zero-order valence-corrected chi connectivity index (χ0v) is 18.0. The summed E-state index contributed by atoms with van der Waals surface area (Å²) < 4.78 is 5.14. The van der Waals surface area contributed by atoms with E-state index in [4.69, 9.17) is 4.74 Å². The van der Waals surface area contributed by atoms with Crippen LogP contribution in [-0.2, 0) is 4.74 Å². The number of hydrogen-bond donors (Lipinski definition) is 3. The van der Waals surface area contributed by atoms with Gasteiger partial charge in [-0.1, -0.05) is 24.3 Å². The lowest BCUT2D eigenvalue weighted by Crippen LogP contribution is -2.31. The van der Waals surface area contributed by atoms with Crippen LogP contribution in [0.1, 0.15) is 17.3 Å². The molecular formula is C24H22N2O4S. The summed E-state index contributed by atoms with van der Waals surface area (Å²) in [5.74, 6) is -0.198. The number of methoxy groups -OCH3 is 1. The van der Waals surface area contributed by atoms with Crippen molar-refractivity contribution in [2.45, 2.75) is 13.0 Å². The zero-order valence-electron chi connectivity index (χ0n) is 17.1. The van der Waals surface area contributed by atoms with E-state index in [2.05, 4.69) is 10.3 Å². The fourth-order valence-corrected chi connectivity index (χ4v) is 4.11. The summed E-state index contributed by atoms with van der Waals surface area (Å²) in [7, 11) is 1.60. The summed E-state index contributed by atoms with van der Waals surface area (Å²) in [6.45, 7) is 2.32. The molecule has 0 aliphatic carbocycles. The van der Waals surface area contributed by atoms with Crippen molar-refractivity contribution < 1.29 is 14.6 Å². The minimum absolute atomic E-state index is 0.0358. The molecule has 0 bridgehead atoms. The third-order valence-corrected chi connectivity index (χ3v) is 6.07. The lowest BCUT2D eigenvalue weighted by atomic mass is 10.0. The second-order valence-corrected chi connectivity index (χ2v) is 8.20. The number of thiophene rings is 1. The summed E-state index contributed by atoms with van der Waals surface area (Å²) >= 11 is 1.40. The molecule has 0 aliphatic rings. The Labute approximate surface area is 183 Å². The molecule has 31 heavy (non-hydrogen) atoms. The molecule has 2 heterocycles. The van der Waals surface area contributed by atoms with Crippen LogP contribution in [0.5, 0.6) is 5.75 Å². The Hall–Kier alpha value is -3.42. The average Bonchev–Trinajstić information content (AvgIpc) is 3.31. The number of amides is 1. The Morgan fingerprint density at radius 1 is 1.16 bits per heavy atom. The molecule has 2 aromatic heterocycles. The fraction of sp³-hybridized carbons (Fsp3) is 0.167. The number of carbonyl (C=O) groups is 1. The molecule has 0 radical (unpaired) electrons. The fourth-order valence-electron chi connectivity index (χ4n) is 3.34. The predicted octanol–water partition coefficient (Wildman–Crippen LogP) is 4.39. The van der Waals surface area contributed by atoms with Crippen LogP contribution in [0, 0.1) is 0 Å². The van der Waals surface area contributed by atoms with Gasteiger partial charge < -0.3 is 20.1 Å². The largest absolute Gasteiger partial charge is 0.506 e. The normalized spacial score (nSPS) is 12.1. The summed E-state index contributed by atoms with van der Waals surface area (Å²) in [6, 6.07) is 16.4. The molecule has 0 aliphatic heterocycles. The summed E-state index contributed by atoms with van der Waals surface area (Å²) in [6.07, 6.45) is -0.0565. The third-order valence-electron chi connectivity index (χ3n) is 5.19. The second-order valence-electron chi connectivity index (χ2n) is 7.25. The maximum atomic E-state index is 12.5. The molecule has 3 N–H and O–H groups in total. The summed E-state index contributed by atoms with van der Waals surface area (Å²) in [4.78, 5) is 28.3. The molecule has 0 saturated heterocycles. The smallest absolute Gasteiger partial charge is 0.260 e. The zero-order chi connectivity index (χ0) is 22.0. The van der Waals surface area contributed by atoms with Gasteiger partial charge in [0.1, 0.15) is 5.75 Å². The molecule has 1 atom stereocenters. The minimum atomic E-state index is -0.321. The van der Waals surface area contributed by atoms with Crippen molar-refractivity contribution in [3.63, 3.8) is 0 Å². The quantitative estimate of drug-likeness (QED) is 0.420. The van der Waals surface area contributed by atoms with Gasteiger partial charge in [-0.3, -0.25) is 9.59 Å². The number of nitrogens with one attached hydrogen (secondary N) is 2. The molecule has 1 unspecified atom stereocenters. The van der Waals surface area contributed by atoms with Gasteiger partial charge in [0.05, 0.1) is 17.2 Å². The van der Waals surface area contributed by atoms with Crippen LogP contribution in [0.3, 0.4) is 0 Å². The average molecular weight is 435 g/mol. The number of aromatic amines is 1. The van der Waals surface area contributed by atoms with Crippen molar-refractivity contribution in [1.29, 1.82) is 0 Å². The van der Waals surface area contributed by atoms with Gasteiger partial charge in [-0.05, 0) is 53.8 Å². The van der Waals surface area contributed by atoms with Crippen molar-refractivity contribution in [3.05, 3.63) is 75.9 Å². The lowest BCUT2D eigenvalue weighted by molar-refractivity contribution is 0.0870. The molecular weight excluding hydrogens is 412 g/mol. The number of pyridine rings is 1. The number of aromatic hydroxyl groups is 1. The number of aromatic nitrogens is 1. The molecule has 1 amide bonds. The van der Waals surface area contributed by atoms with E-state index >= 15 is 0 Å². The minimum Gasteiger partial charge on any atom is -0.506 e. The number of benzene rings is 2. The third kappa shape index (κ3) is 4.23. The van der Waals surface area contributed by atoms with Crippen LogP contribution in [-0.4, -0.2) is 35.8 Å². The van der Waals surface area contributed by atoms with Crippen LogP contribution < -0.4 is 10.9 Å². The Morgan fingerprint density at radius 2 is 1.90 bits per heavy atom. The van der Waals surface area contributed by atoms with Gasteiger partial charge in [0.2, 0.25) is 0 Å². The highest BCUT2D eigenvalue weighted by atomic mass is 32.1.